The van der Waals surface area contributed by atoms with Crippen molar-refractivity contribution in [3.8, 4) is 23.1 Å². The lowest BCUT2D eigenvalue weighted by Crippen LogP contribution is -2.52. The normalized spacial score (nSPS) is 21.6. The molecule has 1 aliphatic carbocycles. The highest BCUT2D eigenvalue weighted by atomic mass is 19.3. The van der Waals surface area contributed by atoms with Crippen molar-refractivity contribution in [1.29, 1.82) is 0 Å². The Labute approximate surface area is 353 Å². The fraction of sp³-hybridized carbons (Fsp3) is 0.511. The van der Waals surface area contributed by atoms with Crippen LogP contribution in [0.4, 0.5) is 18.4 Å². The maximum Gasteiger partial charge on any atom is 0.407 e. The lowest BCUT2D eigenvalue weighted by atomic mass is 9.82. The topological polar surface area (TPSA) is 175 Å². The monoisotopic (exact) mass is 840 g/mol. The molecule has 2 aromatic carbocycles. The van der Waals surface area contributed by atoms with Gasteiger partial charge >= 0.3 is 12.2 Å². The Kier molecular flexibility index (Phi) is 11.6. The van der Waals surface area contributed by atoms with E-state index in [2.05, 4.69) is 37.4 Å². The third kappa shape index (κ3) is 8.78. The number of rotatable bonds is 10. The third-order valence-electron chi connectivity index (χ3n) is 12.7. The second-order valence-electron chi connectivity index (χ2n) is 17.9. The summed E-state index contributed by atoms with van der Waals surface area (Å²) in [6, 6.07) is 10.5. The number of alkyl carbamates (subject to hydrolysis) is 2. The zero-order chi connectivity index (χ0) is 44.0. The predicted molar refractivity (Wildman–Crippen MR) is 223 cm³/mol. The Morgan fingerprint density at radius 1 is 0.820 bits per heavy atom. The second-order valence-corrected chi connectivity index (χ2v) is 17.9. The van der Waals surface area contributed by atoms with Crippen molar-refractivity contribution in [1.82, 2.24) is 40.4 Å². The van der Waals surface area contributed by atoms with Gasteiger partial charge in [0.25, 0.3) is 5.92 Å². The van der Waals surface area contributed by atoms with Crippen LogP contribution < -0.4 is 10.6 Å². The number of carbonyl (C=O) groups excluding carboxylic acids is 4. The van der Waals surface area contributed by atoms with Gasteiger partial charge in [-0.05, 0) is 85.8 Å². The molecule has 4 heterocycles. The van der Waals surface area contributed by atoms with Crippen molar-refractivity contribution < 1.29 is 37.4 Å². The van der Waals surface area contributed by atoms with E-state index >= 15 is 8.78 Å². The number of amides is 4. The number of methoxy groups -OCH3 is 2. The van der Waals surface area contributed by atoms with Gasteiger partial charge in [-0.25, -0.2) is 28.3 Å². The molecule has 0 unspecified atom stereocenters. The number of benzene rings is 2. The Hall–Kier alpha value is -5.98. The number of hydrogen-bond donors (Lipinski definition) is 4. The van der Waals surface area contributed by atoms with E-state index in [0.29, 0.717) is 23.9 Å². The van der Waals surface area contributed by atoms with Crippen LogP contribution in [-0.4, -0.2) is 99.1 Å². The largest absolute Gasteiger partial charge is 0.453 e. The van der Waals surface area contributed by atoms with Crippen molar-refractivity contribution in [2.75, 3.05) is 27.3 Å². The minimum Gasteiger partial charge on any atom is -0.453 e. The second kappa shape index (κ2) is 16.5. The summed E-state index contributed by atoms with van der Waals surface area (Å²) in [6.07, 6.45) is 3.06. The Bertz CT molecular complexity index is 2370. The molecule has 2 saturated heterocycles. The van der Waals surface area contributed by atoms with Crippen molar-refractivity contribution in [2.45, 2.75) is 97.3 Å². The molecule has 7 rings (SSSR count). The molecule has 14 nitrogen and oxygen atoms in total. The van der Waals surface area contributed by atoms with Crippen LogP contribution in [0.1, 0.15) is 102 Å². The summed E-state index contributed by atoms with van der Waals surface area (Å²) in [5, 5.41) is 5.29. The molecule has 1 spiro atoms. The van der Waals surface area contributed by atoms with E-state index in [1.165, 1.54) is 26.0 Å². The van der Waals surface area contributed by atoms with Gasteiger partial charge in [-0.15, -0.1) is 0 Å². The molecule has 0 bridgehead atoms. The van der Waals surface area contributed by atoms with E-state index in [-0.39, 0.29) is 42.2 Å². The minimum absolute atomic E-state index is 0.0350. The summed E-state index contributed by atoms with van der Waals surface area (Å²) in [5.74, 6) is 3.32. The standard InChI is InChI=1S/C45H54F2N8O6/c1-25(2)35(52-41(58)60-7)39(56)54-23-43(5,44(6,46)47)20-33(54)37-48-22-32(51-37)29-14-11-27(12-15-29)9-10-28-13-16-30-31(19-28)50-38(49-30)34-21-45(17-18-45)24-55(34)40(57)36(26(3)4)53-42(59)61-8/h11-16,19,22,25-26,33-36H,17-18,20-21,23-24H2,1-8H3,(H,48,51)(H,49,50)(H,52,58)(H,53,59)/t33-,34-,35-,36-,43+/m0/s1. The van der Waals surface area contributed by atoms with Gasteiger partial charge < -0.3 is 39.9 Å². The number of aromatic amines is 2. The molecule has 3 aliphatic rings. The molecule has 4 N–H and O–H groups in total. The van der Waals surface area contributed by atoms with Crippen LogP contribution in [-0.2, 0) is 19.1 Å². The van der Waals surface area contributed by atoms with Crippen molar-refractivity contribution >= 4 is 35.0 Å². The molecule has 2 aliphatic heterocycles. The molecule has 324 valence electrons. The number of fused-ring (bicyclic) bond motifs is 1. The summed E-state index contributed by atoms with van der Waals surface area (Å²) in [5.41, 5.74) is 3.07. The molecule has 4 aromatic rings. The summed E-state index contributed by atoms with van der Waals surface area (Å²) in [7, 11) is 2.48. The van der Waals surface area contributed by atoms with Crippen LogP contribution >= 0.6 is 0 Å². The van der Waals surface area contributed by atoms with Crippen LogP contribution in [0.15, 0.2) is 48.7 Å². The summed E-state index contributed by atoms with van der Waals surface area (Å²) in [4.78, 5) is 71.4. The van der Waals surface area contributed by atoms with Crippen LogP contribution in [0, 0.1) is 34.5 Å². The third-order valence-corrected chi connectivity index (χ3v) is 12.7. The lowest BCUT2D eigenvalue weighted by molar-refractivity contribution is -0.137. The highest BCUT2D eigenvalue weighted by molar-refractivity contribution is 5.87. The van der Waals surface area contributed by atoms with Gasteiger partial charge in [-0.3, -0.25) is 9.59 Å². The number of likely N-dealkylation sites (tertiary alicyclic amines) is 2. The Balaban J connectivity index is 1.07. The van der Waals surface area contributed by atoms with Crippen LogP contribution in [0.25, 0.3) is 22.3 Å². The molecular weight excluding hydrogens is 787 g/mol. The number of aromatic nitrogens is 4. The first-order valence-electron chi connectivity index (χ1n) is 20.7. The van der Waals surface area contributed by atoms with E-state index in [9.17, 15) is 19.2 Å². The van der Waals surface area contributed by atoms with Gasteiger partial charge in [0.15, 0.2) is 0 Å². The van der Waals surface area contributed by atoms with Crippen LogP contribution in [0.3, 0.4) is 0 Å². The summed E-state index contributed by atoms with van der Waals surface area (Å²) < 4.78 is 39.6. The van der Waals surface area contributed by atoms with Gasteiger partial charge in [0, 0.05) is 24.2 Å². The average Bonchev–Trinajstić information content (AvgIpc) is 3.63. The number of alkyl halides is 2. The van der Waals surface area contributed by atoms with E-state index in [4.69, 9.17) is 14.5 Å². The van der Waals surface area contributed by atoms with Crippen molar-refractivity contribution in [3.05, 3.63) is 71.4 Å². The maximum absolute atomic E-state index is 15.0. The first-order chi connectivity index (χ1) is 28.8. The number of nitrogens with zero attached hydrogens (tertiary/aromatic N) is 4. The van der Waals surface area contributed by atoms with Gasteiger partial charge in [-0.1, -0.05) is 58.6 Å². The fourth-order valence-corrected chi connectivity index (χ4v) is 8.50. The summed E-state index contributed by atoms with van der Waals surface area (Å²) in [6.45, 7) is 10.1. The molecule has 61 heavy (non-hydrogen) atoms. The molecule has 16 heteroatoms. The van der Waals surface area contributed by atoms with Crippen molar-refractivity contribution in [2.24, 2.45) is 22.7 Å². The minimum atomic E-state index is -3.09. The maximum atomic E-state index is 15.0. The molecule has 4 amide bonds. The molecular formula is C45H54F2N8O6. The van der Waals surface area contributed by atoms with Gasteiger partial charge in [-0.2, -0.15) is 0 Å². The zero-order valence-electron chi connectivity index (χ0n) is 35.8. The molecule has 0 radical (unpaired) electrons. The van der Waals surface area contributed by atoms with E-state index in [0.717, 1.165) is 53.9 Å². The Morgan fingerprint density at radius 2 is 1.38 bits per heavy atom. The zero-order valence-corrected chi connectivity index (χ0v) is 35.8. The number of imidazole rings is 2. The van der Waals surface area contributed by atoms with Crippen molar-refractivity contribution in [3.63, 3.8) is 0 Å². The summed E-state index contributed by atoms with van der Waals surface area (Å²) >= 11 is 0. The number of hydrogen-bond acceptors (Lipinski definition) is 8. The average molecular weight is 841 g/mol. The van der Waals surface area contributed by atoms with Gasteiger partial charge in [0.1, 0.15) is 23.7 Å². The first-order valence-corrected chi connectivity index (χ1v) is 20.7. The molecule has 5 atom stereocenters. The Morgan fingerprint density at radius 3 is 1.93 bits per heavy atom. The smallest absolute Gasteiger partial charge is 0.407 e. The number of H-pyrrole nitrogens is 2. The predicted octanol–water partition coefficient (Wildman–Crippen LogP) is 7.10. The molecule has 1 saturated carbocycles. The lowest BCUT2D eigenvalue weighted by Gasteiger charge is -2.32. The number of nitrogens with one attached hydrogen (secondary N) is 4. The number of halogens is 2. The van der Waals surface area contributed by atoms with Gasteiger partial charge in [0.05, 0.1) is 54.6 Å². The highest BCUT2D eigenvalue weighted by Crippen LogP contribution is 2.58. The highest BCUT2D eigenvalue weighted by Gasteiger charge is 2.57. The van der Waals surface area contributed by atoms with E-state index < -0.39 is 47.6 Å². The first kappa shape index (κ1) is 43.1. The quantitative estimate of drug-likeness (QED) is 0.122. The number of ether oxygens (including phenoxy) is 2. The fourth-order valence-electron chi connectivity index (χ4n) is 8.50. The molecule has 2 aromatic heterocycles. The molecule has 3 fully saturated rings. The van der Waals surface area contributed by atoms with Crippen LogP contribution in [0.2, 0.25) is 0 Å². The number of carbonyl (C=O) groups is 4. The van der Waals surface area contributed by atoms with Gasteiger partial charge in [0.2, 0.25) is 11.8 Å². The van der Waals surface area contributed by atoms with E-state index in [1.54, 1.807) is 20.0 Å². The van der Waals surface area contributed by atoms with Crippen LogP contribution in [0.5, 0.6) is 0 Å². The van der Waals surface area contributed by atoms with E-state index in [1.807, 2.05) is 61.2 Å². The SMILES string of the molecule is COC(=O)N[C@H](C(=O)N1C[C@](C)(C(C)(F)F)C[C@H]1c1ncc(-c2ccc(C#Cc3ccc4nc([C@@H]5CC6(CC6)CN5C(=O)[C@@H](NC(=O)OC)C(C)C)[nH]c4c3)cc2)[nH]1)C(C)C.